The van der Waals surface area contributed by atoms with Crippen molar-refractivity contribution in [3.63, 3.8) is 0 Å². The number of sulfonamides is 1. The Kier molecular flexibility index (Phi) is 11.0. The second kappa shape index (κ2) is 13.5. The van der Waals surface area contributed by atoms with E-state index in [0.29, 0.717) is 24.3 Å². The van der Waals surface area contributed by atoms with Crippen LogP contribution < -0.4 is 14.4 Å². The van der Waals surface area contributed by atoms with Crippen molar-refractivity contribution in [2.24, 2.45) is 0 Å². The molecule has 0 fully saturated rings. The van der Waals surface area contributed by atoms with Crippen LogP contribution in [0.5, 0.6) is 5.75 Å². The van der Waals surface area contributed by atoms with Crippen LogP contribution in [-0.2, 0) is 26.2 Å². The average molecular weight is 532 g/mol. The molecule has 0 aliphatic rings. The number of hydrogen-bond acceptors (Lipinski definition) is 5. The molecule has 1 atom stereocenters. The molecule has 0 aliphatic carbocycles. The summed E-state index contributed by atoms with van der Waals surface area (Å²) in [6.07, 6.45) is 2.05. The fourth-order valence-electron chi connectivity index (χ4n) is 4.24. The monoisotopic (exact) mass is 531 g/mol. The first-order chi connectivity index (χ1) is 17.4. The van der Waals surface area contributed by atoms with Gasteiger partial charge in [-0.15, -0.1) is 0 Å². The lowest BCUT2D eigenvalue weighted by molar-refractivity contribution is -0.141. The van der Waals surface area contributed by atoms with Crippen LogP contribution in [0.4, 0.5) is 5.69 Å². The van der Waals surface area contributed by atoms with Gasteiger partial charge in [0.05, 0.1) is 19.1 Å². The molecule has 0 radical (unpaired) electrons. The van der Waals surface area contributed by atoms with E-state index in [1.54, 1.807) is 12.0 Å². The number of hydrogen-bond donors (Lipinski definition) is 1. The van der Waals surface area contributed by atoms with Gasteiger partial charge < -0.3 is 15.0 Å². The van der Waals surface area contributed by atoms with E-state index in [0.717, 1.165) is 16.7 Å². The third kappa shape index (κ3) is 8.77. The van der Waals surface area contributed by atoms with Gasteiger partial charge in [-0.25, -0.2) is 8.42 Å². The highest BCUT2D eigenvalue weighted by Gasteiger charge is 2.29. The Labute approximate surface area is 222 Å². The third-order valence-corrected chi connectivity index (χ3v) is 7.27. The summed E-state index contributed by atoms with van der Waals surface area (Å²) in [5, 5.41) is 2.92. The summed E-state index contributed by atoms with van der Waals surface area (Å²) in [5.74, 6) is 0.256. The summed E-state index contributed by atoms with van der Waals surface area (Å²) < 4.78 is 31.9. The summed E-state index contributed by atoms with van der Waals surface area (Å²) in [7, 11) is -1.97. The normalized spacial score (nSPS) is 12.2. The zero-order chi connectivity index (χ0) is 27.8. The Balaban J connectivity index is 2.27. The molecule has 204 valence electrons. The second-order valence-corrected chi connectivity index (χ2v) is 11.6. The molecule has 8 nitrogen and oxygen atoms in total. The molecular formula is C28H41N3O5S. The van der Waals surface area contributed by atoms with Crippen molar-refractivity contribution in [2.45, 2.75) is 72.5 Å². The van der Waals surface area contributed by atoms with Gasteiger partial charge in [0.1, 0.15) is 11.8 Å². The maximum absolute atomic E-state index is 13.5. The molecule has 1 unspecified atom stereocenters. The van der Waals surface area contributed by atoms with Crippen LogP contribution in [0, 0.1) is 13.8 Å². The Hall–Kier alpha value is -3.07. The zero-order valence-electron chi connectivity index (χ0n) is 23.1. The van der Waals surface area contributed by atoms with Crippen molar-refractivity contribution in [3.05, 3.63) is 59.2 Å². The predicted octanol–water partition coefficient (Wildman–Crippen LogP) is 4.19. The number of carbonyl (C=O) groups is 2. The van der Waals surface area contributed by atoms with Crippen LogP contribution in [0.25, 0.3) is 0 Å². The topological polar surface area (TPSA) is 96.0 Å². The lowest BCUT2D eigenvalue weighted by Gasteiger charge is -2.32. The number of rotatable bonds is 13. The Morgan fingerprint density at radius 2 is 1.78 bits per heavy atom. The number of anilines is 1. The van der Waals surface area contributed by atoms with Gasteiger partial charge in [-0.05, 0) is 75.4 Å². The summed E-state index contributed by atoms with van der Waals surface area (Å²) in [6, 6.07) is 12.4. The van der Waals surface area contributed by atoms with Gasteiger partial charge in [-0.2, -0.15) is 0 Å². The van der Waals surface area contributed by atoms with E-state index < -0.39 is 16.1 Å². The van der Waals surface area contributed by atoms with E-state index >= 15 is 0 Å². The van der Waals surface area contributed by atoms with Crippen molar-refractivity contribution < 1.29 is 22.7 Å². The van der Waals surface area contributed by atoms with Gasteiger partial charge in [0.2, 0.25) is 21.8 Å². The molecule has 1 N–H and O–H groups in total. The molecule has 0 saturated heterocycles. The maximum atomic E-state index is 13.5. The van der Waals surface area contributed by atoms with Crippen molar-refractivity contribution in [2.75, 3.05) is 24.2 Å². The third-order valence-electron chi connectivity index (χ3n) is 6.09. The first-order valence-corrected chi connectivity index (χ1v) is 14.5. The second-order valence-electron chi connectivity index (χ2n) is 9.69. The molecule has 0 bridgehead atoms. The van der Waals surface area contributed by atoms with Gasteiger partial charge in [0, 0.05) is 25.6 Å². The number of methoxy groups -OCH3 is 1. The van der Waals surface area contributed by atoms with Gasteiger partial charge in [-0.3, -0.25) is 13.9 Å². The number of aryl methyl sites for hydroxylation is 2. The van der Waals surface area contributed by atoms with Crippen LogP contribution in [0.15, 0.2) is 42.5 Å². The van der Waals surface area contributed by atoms with Crippen LogP contribution >= 0.6 is 0 Å². The van der Waals surface area contributed by atoms with Gasteiger partial charge in [0.25, 0.3) is 0 Å². The number of ether oxygens (including phenoxy) is 1. The van der Waals surface area contributed by atoms with E-state index in [2.05, 4.69) is 5.32 Å². The summed E-state index contributed by atoms with van der Waals surface area (Å²) in [4.78, 5) is 28.1. The number of carbonyl (C=O) groups excluding carboxylic acids is 2. The van der Waals surface area contributed by atoms with Crippen molar-refractivity contribution in [3.8, 4) is 5.75 Å². The minimum atomic E-state index is -3.55. The van der Waals surface area contributed by atoms with E-state index in [9.17, 15) is 18.0 Å². The molecule has 9 heteroatoms. The van der Waals surface area contributed by atoms with Crippen LogP contribution in [0.2, 0.25) is 0 Å². The first-order valence-electron chi connectivity index (χ1n) is 12.6. The van der Waals surface area contributed by atoms with Crippen molar-refractivity contribution >= 4 is 27.5 Å². The highest BCUT2D eigenvalue weighted by Crippen LogP contribution is 2.25. The van der Waals surface area contributed by atoms with Crippen LogP contribution in [0.3, 0.4) is 0 Å². The first kappa shape index (κ1) is 30.2. The molecular weight excluding hydrogens is 490 g/mol. The predicted molar refractivity (Wildman–Crippen MR) is 148 cm³/mol. The fourth-order valence-corrected chi connectivity index (χ4v) is 5.25. The Bertz CT molecular complexity index is 1180. The molecule has 0 aromatic heterocycles. The largest absolute Gasteiger partial charge is 0.497 e. The minimum absolute atomic E-state index is 0.0591. The SMILES string of the molecule is CCC(C(=O)NC(C)C)N(Cc1cccc(OC)c1)C(=O)CCCN(c1cc(C)ccc1C)S(C)(=O)=O. The molecule has 2 aromatic rings. The number of amides is 2. The molecule has 2 aromatic carbocycles. The zero-order valence-corrected chi connectivity index (χ0v) is 23.9. The standard InChI is InChI=1S/C28H41N3O5S/c1-8-25(28(33)29-20(2)3)30(19-23-11-9-12-24(18-23)36-6)27(32)13-10-16-31(37(7,34)35)26-17-21(4)14-15-22(26)5/h9,11-12,14-15,17-18,20,25H,8,10,13,16,19H2,1-7H3,(H,29,33). The van der Waals surface area contributed by atoms with E-state index in [1.807, 2.05) is 77.1 Å². The molecule has 2 amide bonds. The number of benzene rings is 2. The van der Waals surface area contributed by atoms with Crippen LogP contribution in [0.1, 0.15) is 56.7 Å². The molecule has 0 saturated carbocycles. The molecule has 37 heavy (non-hydrogen) atoms. The molecule has 0 heterocycles. The van der Waals surface area contributed by atoms with Gasteiger partial charge >= 0.3 is 0 Å². The maximum Gasteiger partial charge on any atom is 0.243 e. The average Bonchev–Trinajstić information content (AvgIpc) is 2.82. The quantitative estimate of drug-likeness (QED) is 0.418. The number of nitrogens with one attached hydrogen (secondary N) is 1. The number of nitrogens with zero attached hydrogens (tertiary/aromatic N) is 2. The van der Waals surface area contributed by atoms with Gasteiger partial charge in [-0.1, -0.05) is 31.2 Å². The highest BCUT2D eigenvalue weighted by molar-refractivity contribution is 7.92. The highest BCUT2D eigenvalue weighted by atomic mass is 32.2. The van der Waals surface area contributed by atoms with Crippen molar-refractivity contribution in [1.29, 1.82) is 0 Å². The van der Waals surface area contributed by atoms with Crippen molar-refractivity contribution in [1.82, 2.24) is 10.2 Å². The Morgan fingerprint density at radius 1 is 1.08 bits per heavy atom. The summed E-state index contributed by atoms with van der Waals surface area (Å²) >= 11 is 0. The van der Waals surface area contributed by atoms with E-state index in [1.165, 1.54) is 10.6 Å². The van der Waals surface area contributed by atoms with E-state index in [-0.39, 0.29) is 37.4 Å². The molecule has 0 spiro atoms. The minimum Gasteiger partial charge on any atom is -0.497 e. The lowest BCUT2D eigenvalue weighted by atomic mass is 10.1. The molecule has 0 aliphatic heterocycles. The Morgan fingerprint density at radius 3 is 2.38 bits per heavy atom. The summed E-state index contributed by atoms with van der Waals surface area (Å²) in [6.45, 7) is 9.83. The van der Waals surface area contributed by atoms with E-state index in [4.69, 9.17) is 4.74 Å². The fraction of sp³-hybridized carbons (Fsp3) is 0.500. The molecule has 2 rings (SSSR count). The smallest absolute Gasteiger partial charge is 0.243 e. The van der Waals surface area contributed by atoms with Crippen LogP contribution in [-0.4, -0.2) is 57.1 Å². The van der Waals surface area contributed by atoms with Gasteiger partial charge in [0.15, 0.2) is 0 Å². The summed E-state index contributed by atoms with van der Waals surface area (Å²) in [5.41, 5.74) is 3.26. The lowest BCUT2D eigenvalue weighted by Crippen LogP contribution is -2.50.